The van der Waals surface area contributed by atoms with Crippen LogP contribution in [0.25, 0.3) is 0 Å². The van der Waals surface area contributed by atoms with E-state index in [2.05, 4.69) is 34.6 Å². The van der Waals surface area contributed by atoms with Crippen molar-refractivity contribution in [3.8, 4) is 0 Å². The van der Waals surface area contributed by atoms with E-state index >= 15 is 0 Å². The van der Waals surface area contributed by atoms with Gasteiger partial charge in [-0.15, -0.1) is 0 Å². The lowest BCUT2D eigenvalue weighted by Gasteiger charge is -2.13. The van der Waals surface area contributed by atoms with Crippen molar-refractivity contribution in [3.05, 3.63) is 59.4 Å². The maximum Gasteiger partial charge on any atom is 0.142 e. The molecule has 0 saturated heterocycles. The van der Waals surface area contributed by atoms with Crippen LogP contribution >= 0.6 is 0 Å². The summed E-state index contributed by atoms with van der Waals surface area (Å²) >= 11 is 0. The molecule has 0 bridgehead atoms. The fourth-order valence-electron chi connectivity index (χ4n) is 2.39. The number of nitrogens with one attached hydrogen (secondary N) is 1. The molecule has 3 nitrogen and oxygen atoms in total. The Morgan fingerprint density at radius 3 is 3.10 bits per heavy atom. The largest absolute Gasteiger partial charge is 0.319 e. The van der Waals surface area contributed by atoms with Gasteiger partial charge in [-0.3, -0.25) is 9.79 Å². The summed E-state index contributed by atoms with van der Waals surface area (Å²) in [6.07, 6.45) is 18.6. The second-order valence-corrected chi connectivity index (χ2v) is 4.83. The number of carbonyl (C=O) groups excluding carboxylic acids is 1. The van der Waals surface area contributed by atoms with Gasteiger partial charge in [-0.25, -0.2) is 0 Å². The van der Waals surface area contributed by atoms with Gasteiger partial charge < -0.3 is 5.32 Å². The van der Waals surface area contributed by atoms with Gasteiger partial charge in [0.1, 0.15) is 6.29 Å². The first-order valence-corrected chi connectivity index (χ1v) is 6.91. The third kappa shape index (κ3) is 3.75. The average molecular weight is 268 g/mol. The standard InChI is InChI=1S/C17H20N2O/c1-18-13-16(6-4-12-20)14-7-8-15-5-2-3-11-19-17(15)10-9-14/h2-4,6-7,9-12,16,18H,5,8,13H2,1H3/b6-4-. The molecule has 0 aromatic rings. The average Bonchev–Trinajstić information content (AvgIpc) is 2.79. The normalized spacial score (nSPS) is 19.6. The van der Waals surface area contributed by atoms with Crippen molar-refractivity contribution in [1.29, 1.82) is 0 Å². The van der Waals surface area contributed by atoms with Gasteiger partial charge in [0.2, 0.25) is 0 Å². The van der Waals surface area contributed by atoms with Crippen LogP contribution < -0.4 is 5.32 Å². The summed E-state index contributed by atoms with van der Waals surface area (Å²) in [5, 5.41) is 3.17. The third-order valence-corrected chi connectivity index (χ3v) is 3.45. The SMILES string of the molecule is CNCC(/C=C\C=O)C1=CCC2=C(C=C1)N=CC=CC2. The second-order valence-electron chi connectivity index (χ2n) is 4.83. The van der Waals surface area contributed by atoms with Crippen molar-refractivity contribution in [2.45, 2.75) is 12.8 Å². The number of hydrogen-bond donors (Lipinski definition) is 1. The van der Waals surface area contributed by atoms with E-state index in [1.165, 1.54) is 11.1 Å². The summed E-state index contributed by atoms with van der Waals surface area (Å²) in [7, 11) is 1.92. The summed E-state index contributed by atoms with van der Waals surface area (Å²) in [5.41, 5.74) is 3.62. The Labute approximate surface area is 120 Å². The zero-order valence-electron chi connectivity index (χ0n) is 11.8. The highest BCUT2D eigenvalue weighted by molar-refractivity contribution is 5.73. The van der Waals surface area contributed by atoms with Crippen LogP contribution in [0.4, 0.5) is 0 Å². The van der Waals surface area contributed by atoms with Crippen LogP contribution in [0.1, 0.15) is 12.8 Å². The van der Waals surface area contributed by atoms with Gasteiger partial charge >= 0.3 is 0 Å². The number of hydrogen-bond acceptors (Lipinski definition) is 3. The molecule has 1 heterocycles. The molecule has 1 unspecified atom stereocenters. The molecule has 2 aliphatic rings. The van der Waals surface area contributed by atoms with Crippen LogP contribution in [-0.2, 0) is 4.79 Å². The molecule has 0 aromatic heterocycles. The Kier molecular flexibility index (Phi) is 5.44. The van der Waals surface area contributed by atoms with E-state index in [0.717, 1.165) is 31.4 Å². The lowest BCUT2D eigenvalue weighted by atomic mass is 9.96. The van der Waals surface area contributed by atoms with E-state index in [4.69, 9.17) is 0 Å². The molecule has 3 heteroatoms. The molecule has 1 atom stereocenters. The molecule has 0 spiro atoms. The van der Waals surface area contributed by atoms with E-state index in [1.807, 2.05) is 25.4 Å². The topological polar surface area (TPSA) is 41.5 Å². The molecular weight excluding hydrogens is 248 g/mol. The molecule has 1 aliphatic heterocycles. The van der Waals surface area contributed by atoms with Gasteiger partial charge in [0.15, 0.2) is 0 Å². The minimum atomic E-state index is 0.213. The van der Waals surface area contributed by atoms with Gasteiger partial charge in [0, 0.05) is 18.7 Å². The number of allylic oxidation sites excluding steroid dienone is 7. The van der Waals surface area contributed by atoms with Crippen LogP contribution in [0.15, 0.2) is 64.4 Å². The van der Waals surface area contributed by atoms with Crippen LogP contribution in [0.2, 0.25) is 0 Å². The van der Waals surface area contributed by atoms with Gasteiger partial charge in [-0.1, -0.05) is 24.3 Å². The van der Waals surface area contributed by atoms with E-state index in [9.17, 15) is 4.79 Å². The van der Waals surface area contributed by atoms with E-state index in [0.29, 0.717) is 0 Å². The predicted molar refractivity (Wildman–Crippen MR) is 83.7 cm³/mol. The van der Waals surface area contributed by atoms with Gasteiger partial charge in [-0.2, -0.15) is 0 Å². The molecule has 20 heavy (non-hydrogen) atoms. The Morgan fingerprint density at radius 1 is 1.40 bits per heavy atom. The summed E-state index contributed by atoms with van der Waals surface area (Å²) < 4.78 is 0. The van der Waals surface area contributed by atoms with Crippen molar-refractivity contribution < 1.29 is 4.79 Å². The summed E-state index contributed by atoms with van der Waals surface area (Å²) in [6.45, 7) is 0.814. The number of aliphatic imine (C=N–C) groups is 1. The molecule has 0 radical (unpaired) electrons. The minimum Gasteiger partial charge on any atom is -0.319 e. The molecule has 0 aromatic carbocycles. The van der Waals surface area contributed by atoms with Crippen LogP contribution in [0.3, 0.4) is 0 Å². The quantitative estimate of drug-likeness (QED) is 0.615. The Bertz CT molecular complexity index is 533. The highest BCUT2D eigenvalue weighted by Gasteiger charge is 2.12. The molecule has 0 amide bonds. The first-order valence-electron chi connectivity index (χ1n) is 6.91. The third-order valence-electron chi connectivity index (χ3n) is 3.45. The van der Waals surface area contributed by atoms with E-state index in [-0.39, 0.29) is 5.92 Å². The smallest absolute Gasteiger partial charge is 0.142 e. The van der Waals surface area contributed by atoms with Crippen molar-refractivity contribution >= 4 is 12.5 Å². The molecule has 104 valence electrons. The molecule has 2 rings (SSSR count). The lowest BCUT2D eigenvalue weighted by molar-refractivity contribution is -0.104. The van der Waals surface area contributed by atoms with Crippen molar-refractivity contribution in [2.75, 3.05) is 13.6 Å². The van der Waals surface area contributed by atoms with Gasteiger partial charge in [0.05, 0.1) is 5.70 Å². The zero-order chi connectivity index (χ0) is 14.2. The first kappa shape index (κ1) is 14.4. The van der Waals surface area contributed by atoms with E-state index < -0.39 is 0 Å². The first-order chi connectivity index (χ1) is 9.85. The summed E-state index contributed by atoms with van der Waals surface area (Å²) in [4.78, 5) is 15.0. The minimum absolute atomic E-state index is 0.213. The van der Waals surface area contributed by atoms with Crippen LogP contribution in [0, 0.1) is 5.92 Å². The number of nitrogens with zero attached hydrogens (tertiary/aromatic N) is 1. The summed E-state index contributed by atoms with van der Waals surface area (Å²) in [5.74, 6) is 0.213. The van der Waals surface area contributed by atoms with Crippen molar-refractivity contribution in [1.82, 2.24) is 5.32 Å². The lowest BCUT2D eigenvalue weighted by Crippen LogP contribution is -2.18. The van der Waals surface area contributed by atoms with Crippen molar-refractivity contribution in [2.24, 2.45) is 10.9 Å². The van der Waals surface area contributed by atoms with E-state index in [1.54, 1.807) is 6.08 Å². The second kappa shape index (κ2) is 7.56. The Hall–Kier alpha value is -2.00. The van der Waals surface area contributed by atoms with Crippen molar-refractivity contribution in [3.63, 3.8) is 0 Å². The zero-order valence-corrected chi connectivity index (χ0v) is 11.8. The van der Waals surface area contributed by atoms with Crippen LogP contribution in [0.5, 0.6) is 0 Å². The predicted octanol–water partition coefficient (Wildman–Crippen LogP) is 2.75. The number of carbonyl (C=O) groups is 1. The maximum atomic E-state index is 10.5. The molecule has 1 aliphatic carbocycles. The van der Waals surface area contributed by atoms with Gasteiger partial charge in [0.25, 0.3) is 0 Å². The fourth-order valence-corrected chi connectivity index (χ4v) is 2.39. The highest BCUT2D eigenvalue weighted by atomic mass is 16.1. The Morgan fingerprint density at radius 2 is 2.30 bits per heavy atom. The van der Waals surface area contributed by atoms with Crippen LogP contribution in [-0.4, -0.2) is 26.1 Å². The maximum absolute atomic E-state index is 10.5. The monoisotopic (exact) mass is 268 g/mol. The number of rotatable bonds is 5. The molecule has 0 fully saturated rings. The van der Waals surface area contributed by atoms with Gasteiger partial charge in [-0.05, 0) is 49.3 Å². The fraction of sp³-hybridized carbons (Fsp3) is 0.294. The molecule has 1 N–H and O–H groups in total. The Balaban J connectivity index is 2.19. The summed E-state index contributed by atoms with van der Waals surface area (Å²) in [6, 6.07) is 0. The number of aldehydes is 1. The highest BCUT2D eigenvalue weighted by Crippen LogP contribution is 2.26. The molecule has 0 saturated carbocycles. The molecular formula is C17H20N2O.